The minimum absolute atomic E-state index is 0.521. The van der Waals surface area contributed by atoms with E-state index in [1.807, 2.05) is 12.1 Å². The lowest BCUT2D eigenvalue weighted by molar-refractivity contribution is -0.134. The Morgan fingerprint density at radius 2 is 1.73 bits per heavy atom. The molecule has 0 saturated carbocycles. The van der Waals surface area contributed by atoms with E-state index in [1.165, 1.54) is 12.0 Å². The highest BCUT2D eigenvalue weighted by Gasteiger charge is 2.24. The summed E-state index contributed by atoms with van der Waals surface area (Å²) in [7, 11) is 0. The Bertz CT molecular complexity index is 608. The van der Waals surface area contributed by atoms with Gasteiger partial charge in [0.05, 0.1) is 0 Å². The average molecular weight is 403 g/mol. The predicted octanol–water partition coefficient (Wildman–Crippen LogP) is 3.28. The van der Waals surface area contributed by atoms with Crippen LogP contribution in [0.25, 0.3) is 0 Å². The largest absolute Gasteiger partial charge is 0.478 e. The van der Waals surface area contributed by atoms with Crippen LogP contribution < -0.4 is 5.32 Å². The fourth-order valence-electron chi connectivity index (χ4n) is 2.71. The third-order valence-corrected chi connectivity index (χ3v) is 4.26. The Hall–Kier alpha value is -1.60. The van der Waals surface area contributed by atoms with Crippen molar-refractivity contribution in [3.8, 4) is 0 Å². The SMILES string of the molecule is CC(C)N(Cc1cc(Cl)cc(Cl)c1)[C@H]1CCNC1.O=C(O)C=CC(=O)O. The van der Waals surface area contributed by atoms with Gasteiger partial charge in [0.25, 0.3) is 0 Å². The Morgan fingerprint density at radius 1 is 1.19 bits per heavy atom. The van der Waals surface area contributed by atoms with Crippen molar-refractivity contribution in [1.29, 1.82) is 0 Å². The van der Waals surface area contributed by atoms with E-state index in [2.05, 4.69) is 24.1 Å². The van der Waals surface area contributed by atoms with Crippen LogP contribution in [0.1, 0.15) is 25.8 Å². The Balaban J connectivity index is 0.000000359. The van der Waals surface area contributed by atoms with Crippen LogP contribution in [0.3, 0.4) is 0 Å². The number of nitrogens with zero attached hydrogens (tertiary/aromatic N) is 1. The van der Waals surface area contributed by atoms with Gasteiger partial charge in [0.1, 0.15) is 0 Å². The molecule has 0 aromatic heterocycles. The van der Waals surface area contributed by atoms with Crippen molar-refractivity contribution in [2.45, 2.75) is 38.9 Å². The third-order valence-electron chi connectivity index (χ3n) is 3.82. The molecule has 1 fully saturated rings. The minimum Gasteiger partial charge on any atom is -0.478 e. The molecule has 6 nitrogen and oxygen atoms in total. The van der Waals surface area contributed by atoms with Gasteiger partial charge in [0.15, 0.2) is 0 Å². The smallest absolute Gasteiger partial charge is 0.328 e. The first-order valence-corrected chi connectivity index (χ1v) is 9.00. The average Bonchev–Trinajstić information content (AvgIpc) is 3.04. The zero-order chi connectivity index (χ0) is 19.7. The third kappa shape index (κ3) is 8.67. The summed E-state index contributed by atoms with van der Waals surface area (Å²) in [6.45, 7) is 7.58. The molecular weight excluding hydrogens is 379 g/mol. The van der Waals surface area contributed by atoms with Gasteiger partial charge in [-0.1, -0.05) is 23.2 Å². The van der Waals surface area contributed by atoms with Gasteiger partial charge in [-0.15, -0.1) is 0 Å². The standard InChI is InChI=1S/C14H20Cl2N2.C4H4O4/c1-10(2)18(14-3-4-17-8-14)9-11-5-12(15)7-13(16)6-11;5-3(6)1-2-4(7)8/h5-7,10,14,17H,3-4,8-9H2,1-2H3;1-2H,(H,5,6)(H,7,8)/t14-;/m0./s1. The number of hydrogen-bond acceptors (Lipinski definition) is 4. The molecule has 8 heteroatoms. The van der Waals surface area contributed by atoms with Gasteiger partial charge in [-0.3, -0.25) is 4.90 Å². The van der Waals surface area contributed by atoms with Crippen molar-refractivity contribution < 1.29 is 19.8 Å². The minimum atomic E-state index is -1.26. The molecule has 1 heterocycles. The molecule has 1 atom stereocenters. The van der Waals surface area contributed by atoms with Crippen LogP contribution >= 0.6 is 23.2 Å². The molecular formula is C18H24Cl2N2O4. The zero-order valence-corrected chi connectivity index (χ0v) is 16.3. The molecule has 2 rings (SSSR count). The molecule has 26 heavy (non-hydrogen) atoms. The van der Waals surface area contributed by atoms with E-state index < -0.39 is 11.9 Å². The summed E-state index contributed by atoms with van der Waals surface area (Å²) >= 11 is 12.1. The van der Waals surface area contributed by atoms with Gasteiger partial charge in [-0.25, -0.2) is 9.59 Å². The number of benzene rings is 1. The fourth-order valence-corrected chi connectivity index (χ4v) is 3.28. The summed E-state index contributed by atoms with van der Waals surface area (Å²) in [5.74, 6) is -2.51. The van der Waals surface area contributed by atoms with E-state index in [1.54, 1.807) is 6.07 Å². The lowest BCUT2D eigenvalue weighted by atomic mass is 10.1. The molecule has 1 aliphatic heterocycles. The van der Waals surface area contributed by atoms with Gasteiger partial charge in [0.2, 0.25) is 0 Å². The van der Waals surface area contributed by atoms with Crippen LogP contribution in [0, 0.1) is 0 Å². The summed E-state index contributed by atoms with van der Waals surface area (Å²) in [6.07, 6.45) is 2.33. The predicted molar refractivity (Wildman–Crippen MR) is 103 cm³/mol. The molecule has 1 aliphatic rings. The number of carbonyl (C=O) groups is 2. The van der Waals surface area contributed by atoms with Gasteiger partial charge in [-0.2, -0.15) is 0 Å². The maximum atomic E-state index is 9.55. The second-order valence-corrected chi connectivity index (χ2v) is 7.07. The summed E-state index contributed by atoms with van der Waals surface area (Å²) in [4.78, 5) is 21.6. The van der Waals surface area contributed by atoms with Crippen LogP contribution in [-0.4, -0.2) is 52.2 Å². The molecule has 3 N–H and O–H groups in total. The number of hydrogen-bond donors (Lipinski definition) is 3. The highest BCUT2D eigenvalue weighted by molar-refractivity contribution is 6.34. The maximum Gasteiger partial charge on any atom is 0.328 e. The maximum absolute atomic E-state index is 9.55. The molecule has 0 amide bonds. The molecule has 144 valence electrons. The van der Waals surface area contributed by atoms with Crippen molar-refractivity contribution in [3.05, 3.63) is 46.0 Å². The van der Waals surface area contributed by atoms with Crippen molar-refractivity contribution >= 4 is 35.1 Å². The second kappa shape index (κ2) is 11.2. The van der Waals surface area contributed by atoms with Crippen LogP contribution in [-0.2, 0) is 16.1 Å². The van der Waals surface area contributed by atoms with Gasteiger partial charge < -0.3 is 15.5 Å². The van der Waals surface area contributed by atoms with Gasteiger partial charge >= 0.3 is 11.9 Å². The van der Waals surface area contributed by atoms with Gasteiger partial charge in [-0.05, 0) is 50.6 Å². The topological polar surface area (TPSA) is 89.9 Å². The molecule has 0 aliphatic carbocycles. The number of rotatable bonds is 6. The zero-order valence-electron chi connectivity index (χ0n) is 14.8. The molecule has 0 bridgehead atoms. The highest BCUT2D eigenvalue weighted by atomic mass is 35.5. The lowest BCUT2D eigenvalue weighted by Crippen LogP contribution is -2.41. The quantitative estimate of drug-likeness (QED) is 0.632. The number of carboxylic acid groups (broad SMARTS) is 2. The fraction of sp³-hybridized carbons (Fsp3) is 0.444. The molecule has 0 unspecified atom stereocenters. The Labute approximate surface area is 163 Å². The molecule has 0 spiro atoms. The molecule has 1 aromatic carbocycles. The molecule has 1 saturated heterocycles. The first-order valence-electron chi connectivity index (χ1n) is 8.24. The highest BCUT2D eigenvalue weighted by Crippen LogP contribution is 2.22. The van der Waals surface area contributed by atoms with E-state index >= 15 is 0 Å². The molecule has 1 aromatic rings. The first kappa shape index (κ1) is 22.4. The summed E-state index contributed by atoms with van der Waals surface area (Å²) in [5.41, 5.74) is 1.19. The van der Waals surface area contributed by atoms with Crippen LogP contribution in [0.15, 0.2) is 30.4 Å². The second-order valence-electron chi connectivity index (χ2n) is 6.20. The Morgan fingerprint density at radius 3 is 2.12 bits per heavy atom. The molecule has 0 radical (unpaired) electrons. The van der Waals surface area contributed by atoms with Crippen LogP contribution in [0.2, 0.25) is 10.0 Å². The number of carboxylic acids is 2. The van der Waals surface area contributed by atoms with Crippen molar-refractivity contribution in [1.82, 2.24) is 10.2 Å². The first-order chi connectivity index (χ1) is 12.2. The van der Waals surface area contributed by atoms with Crippen molar-refractivity contribution in [3.63, 3.8) is 0 Å². The normalized spacial score (nSPS) is 16.8. The Kier molecular flexibility index (Phi) is 9.65. The summed E-state index contributed by atoms with van der Waals surface area (Å²) in [5, 5.41) is 20.5. The van der Waals surface area contributed by atoms with Gasteiger partial charge in [0, 0.05) is 47.4 Å². The van der Waals surface area contributed by atoms with E-state index in [0.29, 0.717) is 34.3 Å². The van der Waals surface area contributed by atoms with E-state index in [-0.39, 0.29) is 0 Å². The van der Waals surface area contributed by atoms with Crippen LogP contribution in [0.5, 0.6) is 0 Å². The van der Waals surface area contributed by atoms with E-state index in [0.717, 1.165) is 19.6 Å². The number of halogens is 2. The van der Waals surface area contributed by atoms with E-state index in [9.17, 15) is 9.59 Å². The number of nitrogens with one attached hydrogen (secondary N) is 1. The number of aliphatic carboxylic acids is 2. The van der Waals surface area contributed by atoms with Crippen molar-refractivity contribution in [2.75, 3.05) is 13.1 Å². The summed E-state index contributed by atoms with van der Waals surface area (Å²) < 4.78 is 0. The van der Waals surface area contributed by atoms with Crippen molar-refractivity contribution in [2.24, 2.45) is 0 Å². The monoisotopic (exact) mass is 402 g/mol. The summed E-state index contributed by atoms with van der Waals surface area (Å²) in [6, 6.07) is 6.93. The van der Waals surface area contributed by atoms with Crippen LogP contribution in [0.4, 0.5) is 0 Å². The van der Waals surface area contributed by atoms with E-state index in [4.69, 9.17) is 33.4 Å². The lowest BCUT2D eigenvalue weighted by Gasteiger charge is -2.32.